The van der Waals surface area contributed by atoms with Gasteiger partial charge in [-0.15, -0.1) is 0 Å². The minimum Gasteiger partial charge on any atom is -0.394 e. The van der Waals surface area contributed by atoms with Gasteiger partial charge in [-0.3, -0.25) is 0 Å². The second-order valence-corrected chi connectivity index (χ2v) is 20.2. The van der Waals surface area contributed by atoms with E-state index in [2.05, 4.69) is 69.2 Å². The molecule has 8 heteroatoms. The van der Waals surface area contributed by atoms with Crippen LogP contribution in [-0.2, 0) is 18.9 Å². The van der Waals surface area contributed by atoms with E-state index in [0.717, 1.165) is 48.3 Å². The average molecular weight is 815 g/mol. The van der Waals surface area contributed by atoms with Gasteiger partial charge in [-0.05, 0) is 60.2 Å². The topological polar surface area (TPSA) is 118 Å². The second-order valence-electron chi connectivity index (χ2n) is 20.2. The van der Waals surface area contributed by atoms with Crippen LogP contribution in [0.4, 0.5) is 0 Å². The number of ether oxygens (including phenoxy) is 4. The van der Waals surface area contributed by atoms with Crippen molar-refractivity contribution in [1.82, 2.24) is 0 Å². The van der Waals surface area contributed by atoms with E-state index in [9.17, 15) is 20.4 Å². The molecule has 0 aliphatic carbocycles. The number of rotatable bonds is 37. The number of hydrogen-bond acceptors (Lipinski definition) is 8. The van der Waals surface area contributed by atoms with Crippen LogP contribution in [0.15, 0.2) is 0 Å². The largest absolute Gasteiger partial charge is 0.394 e. The Morgan fingerprint density at radius 2 is 0.807 bits per heavy atom. The van der Waals surface area contributed by atoms with Crippen molar-refractivity contribution in [3.8, 4) is 0 Å². The van der Waals surface area contributed by atoms with Crippen LogP contribution < -0.4 is 0 Å². The summed E-state index contributed by atoms with van der Waals surface area (Å²) in [4.78, 5) is 0. The summed E-state index contributed by atoms with van der Waals surface area (Å²) in [6.45, 7) is 24.8. The highest BCUT2D eigenvalue weighted by Gasteiger charge is 2.44. The first-order chi connectivity index (χ1) is 27.1. The first-order valence-corrected chi connectivity index (χ1v) is 24.2. The molecule has 0 aromatic heterocycles. The lowest BCUT2D eigenvalue weighted by Crippen LogP contribution is -2.59. The van der Waals surface area contributed by atoms with Crippen molar-refractivity contribution >= 4 is 0 Å². The van der Waals surface area contributed by atoms with Crippen LogP contribution in [0.1, 0.15) is 198 Å². The van der Waals surface area contributed by atoms with Crippen molar-refractivity contribution in [2.24, 2.45) is 47.3 Å². The Bertz CT molecular complexity index is 901. The van der Waals surface area contributed by atoms with E-state index in [1.165, 1.54) is 116 Å². The van der Waals surface area contributed by atoms with Gasteiger partial charge in [0.1, 0.15) is 30.5 Å². The third kappa shape index (κ3) is 28.0. The highest BCUT2D eigenvalue weighted by Crippen LogP contribution is 2.26. The molecular weight excluding hydrogens is 717 g/mol. The molecule has 8 nitrogen and oxygen atoms in total. The number of hydrogen-bond donors (Lipinski definition) is 4. The normalized spacial score (nSPS) is 24.1. The fraction of sp³-hybridized carbons (Fsp3) is 1.00. The van der Waals surface area contributed by atoms with E-state index >= 15 is 0 Å². The molecule has 4 N–H and O–H groups in total. The van der Waals surface area contributed by atoms with Crippen molar-refractivity contribution < 1.29 is 39.4 Å². The number of aliphatic hydroxyl groups excluding tert-OH is 4. The fourth-order valence-electron chi connectivity index (χ4n) is 8.36. The zero-order valence-corrected chi connectivity index (χ0v) is 39.2. The molecule has 0 saturated carbocycles. The first-order valence-electron chi connectivity index (χ1n) is 24.2. The molecule has 1 heterocycles. The summed E-state index contributed by atoms with van der Waals surface area (Å²) in [6.07, 6.45) is 18.9. The summed E-state index contributed by atoms with van der Waals surface area (Å²) < 4.78 is 23.9. The molecule has 12 atom stereocenters. The number of aliphatic hydroxyl groups is 4. The maximum Gasteiger partial charge on any atom is 0.186 e. The van der Waals surface area contributed by atoms with Gasteiger partial charge in [-0.25, -0.2) is 0 Å². The molecule has 1 saturated heterocycles. The Balaban J connectivity index is 2.43. The quantitative estimate of drug-likeness (QED) is 0.0458. The lowest BCUT2D eigenvalue weighted by molar-refractivity contribution is -0.306. The molecule has 0 aromatic rings. The molecule has 342 valence electrons. The third-order valence-corrected chi connectivity index (χ3v) is 12.8. The Morgan fingerprint density at radius 1 is 0.439 bits per heavy atom. The predicted molar refractivity (Wildman–Crippen MR) is 237 cm³/mol. The minimum absolute atomic E-state index is 0.106. The van der Waals surface area contributed by atoms with Crippen LogP contribution in [0.25, 0.3) is 0 Å². The van der Waals surface area contributed by atoms with Crippen LogP contribution in [-0.4, -0.2) is 90.3 Å². The van der Waals surface area contributed by atoms with Crippen molar-refractivity contribution in [3.63, 3.8) is 0 Å². The molecule has 0 radical (unpaired) electrons. The van der Waals surface area contributed by atoms with Crippen LogP contribution in [0, 0.1) is 47.3 Å². The maximum atomic E-state index is 10.5. The highest BCUT2D eigenvalue weighted by atomic mass is 16.7. The molecule has 1 rings (SSSR count). The van der Waals surface area contributed by atoms with Crippen molar-refractivity contribution in [2.45, 2.75) is 234 Å². The van der Waals surface area contributed by atoms with Crippen molar-refractivity contribution in [1.29, 1.82) is 0 Å². The second kappa shape index (κ2) is 33.3. The van der Waals surface area contributed by atoms with E-state index in [-0.39, 0.29) is 12.7 Å². The molecule has 1 aliphatic heterocycles. The van der Waals surface area contributed by atoms with Gasteiger partial charge < -0.3 is 39.4 Å². The molecule has 0 aromatic carbocycles. The maximum absolute atomic E-state index is 10.5. The summed E-state index contributed by atoms with van der Waals surface area (Å²) in [5.41, 5.74) is 0. The fourth-order valence-corrected chi connectivity index (χ4v) is 8.36. The van der Waals surface area contributed by atoms with Crippen LogP contribution >= 0.6 is 0 Å². The minimum atomic E-state index is -1.47. The Labute approximate surface area is 353 Å². The zero-order valence-electron chi connectivity index (χ0n) is 39.2. The summed E-state index contributed by atoms with van der Waals surface area (Å²) in [7, 11) is 0. The standard InChI is InChI=1S/C49H98O8/c1-36(2)17-11-19-38(5)21-13-23-40(7)25-15-27-42(9)29-31-54-34-44(35-56-49-48(53)47(52)46(51)45(33-50)57-49)55-32-30-43(10)28-16-26-41(8)24-14-22-39(6)20-12-18-37(3)4/h36-53H,11-35H2,1-10H3/t38-,39-,40-,41-,42-,43-,44+,45-,46-,47+,48-,49+/m1/s1. The average Bonchev–Trinajstić information content (AvgIpc) is 3.14. The van der Waals surface area contributed by atoms with Gasteiger partial charge in [-0.1, -0.05) is 185 Å². The molecule has 57 heavy (non-hydrogen) atoms. The Morgan fingerprint density at radius 3 is 1.19 bits per heavy atom. The zero-order chi connectivity index (χ0) is 42.6. The lowest BCUT2D eigenvalue weighted by Gasteiger charge is -2.40. The smallest absolute Gasteiger partial charge is 0.186 e. The van der Waals surface area contributed by atoms with Gasteiger partial charge in [0, 0.05) is 13.2 Å². The molecule has 0 unspecified atom stereocenters. The van der Waals surface area contributed by atoms with E-state index in [1.54, 1.807) is 0 Å². The third-order valence-electron chi connectivity index (χ3n) is 12.8. The van der Waals surface area contributed by atoms with Gasteiger partial charge in [0.25, 0.3) is 0 Å². The predicted octanol–water partition coefficient (Wildman–Crippen LogP) is 11.1. The summed E-state index contributed by atoms with van der Waals surface area (Å²) in [6, 6.07) is 0. The van der Waals surface area contributed by atoms with Gasteiger partial charge >= 0.3 is 0 Å². The van der Waals surface area contributed by atoms with Gasteiger partial charge in [0.05, 0.1) is 19.8 Å². The summed E-state index contributed by atoms with van der Waals surface area (Å²) in [5.74, 6) is 6.04. The van der Waals surface area contributed by atoms with E-state index in [1.807, 2.05) is 0 Å². The van der Waals surface area contributed by atoms with Crippen molar-refractivity contribution in [3.05, 3.63) is 0 Å². The molecule has 1 fully saturated rings. The van der Waals surface area contributed by atoms with Crippen molar-refractivity contribution in [2.75, 3.05) is 33.0 Å². The Hall–Kier alpha value is -0.320. The van der Waals surface area contributed by atoms with Gasteiger partial charge in [0.15, 0.2) is 6.29 Å². The van der Waals surface area contributed by atoms with E-state index in [0.29, 0.717) is 31.7 Å². The summed E-state index contributed by atoms with van der Waals surface area (Å²) >= 11 is 0. The van der Waals surface area contributed by atoms with Gasteiger partial charge in [0.2, 0.25) is 0 Å². The molecule has 1 aliphatic rings. The SMILES string of the molecule is CC(C)CCC[C@@H](C)CCC[C@@H](C)CCC[C@@H](C)CCOC[C@@H](CO[C@H]1O[C@H](CO)[C@@H](O)[C@H](O)[C@H]1O)OCC[C@H](C)CCC[C@H](C)CCC[C@H](C)CCCC(C)C. The van der Waals surface area contributed by atoms with Crippen LogP contribution in [0.5, 0.6) is 0 Å². The van der Waals surface area contributed by atoms with Crippen LogP contribution in [0.2, 0.25) is 0 Å². The van der Waals surface area contributed by atoms with Gasteiger partial charge in [-0.2, -0.15) is 0 Å². The summed E-state index contributed by atoms with van der Waals surface area (Å²) in [5, 5.41) is 40.5. The molecular formula is C49H98O8. The molecule has 0 amide bonds. The highest BCUT2D eigenvalue weighted by molar-refractivity contribution is 4.89. The Kier molecular flexibility index (Phi) is 32.0. The monoisotopic (exact) mass is 815 g/mol. The first kappa shape index (κ1) is 54.7. The molecule has 0 bridgehead atoms. The van der Waals surface area contributed by atoms with E-state index < -0.39 is 37.3 Å². The molecule has 0 spiro atoms. The lowest BCUT2D eigenvalue weighted by atomic mass is 9.91. The van der Waals surface area contributed by atoms with Crippen LogP contribution in [0.3, 0.4) is 0 Å². The van der Waals surface area contributed by atoms with E-state index in [4.69, 9.17) is 18.9 Å².